The highest BCUT2D eigenvalue weighted by Gasteiger charge is 2.21. The van der Waals surface area contributed by atoms with Crippen LogP contribution < -0.4 is 5.48 Å². The average molecular weight is 281 g/mol. The summed E-state index contributed by atoms with van der Waals surface area (Å²) < 4.78 is 5.34. The first kappa shape index (κ1) is 12.9. The molecule has 2 aliphatic rings. The van der Waals surface area contributed by atoms with Crippen LogP contribution in [0.15, 0.2) is 30.3 Å². The predicted octanol–water partition coefficient (Wildman–Crippen LogP) is 1.92. The van der Waals surface area contributed by atoms with Gasteiger partial charge in [0.15, 0.2) is 0 Å². The van der Waals surface area contributed by atoms with Gasteiger partial charge in [0, 0.05) is 24.7 Å². The summed E-state index contributed by atoms with van der Waals surface area (Å²) in [4.78, 5) is 7.95. The molecule has 1 fully saturated rings. The molecule has 0 aromatic heterocycles. The lowest BCUT2D eigenvalue weighted by atomic mass is 10.1. The molecule has 1 saturated heterocycles. The van der Waals surface area contributed by atoms with Gasteiger partial charge in [0.1, 0.15) is 6.10 Å². The molecule has 1 aromatic rings. The number of nitrogens with zero attached hydrogens (tertiary/aromatic N) is 1. The molecule has 0 amide bonds. The van der Waals surface area contributed by atoms with E-state index in [1.807, 2.05) is 24.3 Å². The molecule has 3 rings (SSSR count). The zero-order valence-electron chi connectivity index (χ0n) is 10.6. The Morgan fingerprint density at radius 2 is 1.95 bits per heavy atom. The molecule has 1 N–H and O–H groups in total. The molecule has 1 atom stereocenters. The van der Waals surface area contributed by atoms with Crippen LogP contribution in [0.1, 0.15) is 5.56 Å². The van der Waals surface area contributed by atoms with Gasteiger partial charge in [-0.2, -0.15) is 0 Å². The predicted molar refractivity (Wildman–Crippen MR) is 74.7 cm³/mol. The van der Waals surface area contributed by atoms with Crippen LogP contribution in [0.2, 0.25) is 5.02 Å². The number of halogens is 1. The van der Waals surface area contributed by atoms with Crippen molar-refractivity contribution in [3.8, 4) is 0 Å². The molecule has 5 heteroatoms. The van der Waals surface area contributed by atoms with Crippen molar-refractivity contribution >= 4 is 17.3 Å². The van der Waals surface area contributed by atoms with Gasteiger partial charge >= 0.3 is 0 Å². The summed E-state index contributed by atoms with van der Waals surface area (Å²) in [7, 11) is 0. The van der Waals surface area contributed by atoms with Crippen molar-refractivity contribution in [3.05, 3.63) is 40.9 Å². The number of benzene rings is 1. The van der Waals surface area contributed by atoms with E-state index in [1.54, 1.807) is 0 Å². The Morgan fingerprint density at radius 3 is 2.68 bits per heavy atom. The highest BCUT2D eigenvalue weighted by molar-refractivity contribution is 6.30. The fraction of sp³-hybridized carbons (Fsp3) is 0.429. The van der Waals surface area contributed by atoms with Crippen molar-refractivity contribution in [2.24, 2.45) is 0 Å². The van der Waals surface area contributed by atoms with E-state index in [1.165, 1.54) is 0 Å². The fourth-order valence-electron chi connectivity index (χ4n) is 2.31. The number of ether oxygens (including phenoxy) is 1. The summed E-state index contributed by atoms with van der Waals surface area (Å²) >= 11 is 5.89. The first-order chi connectivity index (χ1) is 9.31. The van der Waals surface area contributed by atoms with Gasteiger partial charge in [-0.3, -0.25) is 15.2 Å². The Bertz CT molecular complexity index is 455. The number of morpholine rings is 1. The number of hydrogen-bond donors (Lipinski definition) is 1. The normalized spacial score (nSPS) is 24.1. The number of rotatable bonds is 3. The minimum Gasteiger partial charge on any atom is -0.379 e. The second kappa shape index (κ2) is 5.92. The highest BCUT2D eigenvalue weighted by atomic mass is 35.5. The summed E-state index contributed by atoms with van der Waals surface area (Å²) in [5.41, 5.74) is 5.09. The van der Waals surface area contributed by atoms with Crippen molar-refractivity contribution in [2.45, 2.75) is 6.10 Å². The lowest BCUT2D eigenvalue weighted by Gasteiger charge is -2.27. The number of hydroxylamine groups is 1. The van der Waals surface area contributed by atoms with Gasteiger partial charge in [0.25, 0.3) is 0 Å². The van der Waals surface area contributed by atoms with Gasteiger partial charge in [-0.25, -0.2) is 0 Å². The van der Waals surface area contributed by atoms with Crippen LogP contribution in [0.3, 0.4) is 0 Å². The quantitative estimate of drug-likeness (QED) is 0.917. The van der Waals surface area contributed by atoms with Crippen molar-refractivity contribution in [1.29, 1.82) is 0 Å². The van der Waals surface area contributed by atoms with Gasteiger partial charge in [-0.15, -0.1) is 0 Å². The minimum absolute atomic E-state index is 0.0868. The van der Waals surface area contributed by atoms with E-state index in [9.17, 15) is 0 Å². The van der Waals surface area contributed by atoms with Crippen LogP contribution in [0.4, 0.5) is 0 Å². The van der Waals surface area contributed by atoms with Gasteiger partial charge in [0.2, 0.25) is 0 Å². The van der Waals surface area contributed by atoms with E-state index >= 15 is 0 Å². The molecule has 0 saturated carbocycles. The SMILES string of the molecule is Clc1ccc(C2=CC(CN3CCOCC3)ON2)cc1. The molecule has 0 spiro atoms. The Labute approximate surface area is 117 Å². The second-order valence-electron chi connectivity index (χ2n) is 4.76. The molecule has 1 aromatic carbocycles. The van der Waals surface area contributed by atoms with Crippen molar-refractivity contribution in [3.63, 3.8) is 0 Å². The Morgan fingerprint density at radius 1 is 1.21 bits per heavy atom. The van der Waals surface area contributed by atoms with E-state index in [0.717, 1.165) is 49.1 Å². The molecule has 0 aliphatic carbocycles. The van der Waals surface area contributed by atoms with Crippen LogP contribution in [-0.2, 0) is 9.57 Å². The largest absolute Gasteiger partial charge is 0.379 e. The van der Waals surface area contributed by atoms with Crippen molar-refractivity contribution < 1.29 is 9.57 Å². The Balaban J connectivity index is 1.62. The Hall–Kier alpha value is -1.07. The van der Waals surface area contributed by atoms with Crippen LogP contribution >= 0.6 is 11.6 Å². The maximum Gasteiger partial charge on any atom is 0.118 e. The standard InChI is InChI=1S/C14H17ClN2O2/c15-12-3-1-11(2-4-12)14-9-13(19-16-14)10-17-5-7-18-8-6-17/h1-4,9,13,16H,5-8,10H2. The van der Waals surface area contributed by atoms with E-state index in [4.69, 9.17) is 21.2 Å². The van der Waals surface area contributed by atoms with Crippen molar-refractivity contribution in [1.82, 2.24) is 10.4 Å². The maximum absolute atomic E-state index is 5.89. The van der Waals surface area contributed by atoms with Gasteiger partial charge in [0.05, 0.1) is 18.9 Å². The maximum atomic E-state index is 5.89. The highest BCUT2D eigenvalue weighted by Crippen LogP contribution is 2.20. The van der Waals surface area contributed by atoms with Gasteiger partial charge in [-0.05, 0) is 23.8 Å². The zero-order chi connectivity index (χ0) is 13.1. The second-order valence-corrected chi connectivity index (χ2v) is 5.20. The fourth-order valence-corrected chi connectivity index (χ4v) is 2.43. The molecule has 0 radical (unpaired) electrons. The third kappa shape index (κ3) is 3.28. The molecule has 2 aliphatic heterocycles. The molecule has 2 heterocycles. The third-order valence-corrected chi connectivity index (χ3v) is 3.62. The summed E-state index contributed by atoms with van der Waals surface area (Å²) in [6.45, 7) is 4.48. The smallest absolute Gasteiger partial charge is 0.118 e. The van der Waals surface area contributed by atoms with Crippen LogP contribution in [0, 0.1) is 0 Å². The summed E-state index contributed by atoms with van der Waals surface area (Å²) in [5.74, 6) is 0. The molecular formula is C14H17ClN2O2. The number of hydrogen-bond acceptors (Lipinski definition) is 4. The van der Waals surface area contributed by atoms with Crippen LogP contribution in [0.25, 0.3) is 5.70 Å². The average Bonchev–Trinajstić information content (AvgIpc) is 2.89. The molecule has 102 valence electrons. The monoisotopic (exact) mass is 280 g/mol. The summed E-state index contributed by atoms with van der Waals surface area (Å²) in [6.07, 6.45) is 2.21. The van der Waals surface area contributed by atoms with Gasteiger partial charge in [-0.1, -0.05) is 23.7 Å². The minimum atomic E-state index is 0.0868. The zero-order valence-corrected chi connectivity index (χ0v) is 11.4. The topological polar surface area (TPSA) is 33.7 Å². The lowest BCUT2D eigenvalue weighted by molar-refractivity contribution is -0.00798. The van der Waals surface area contributed by atoms with Crippen molar-refractivity contribution in [2.75, 3.05) is 32.8 Å². The van der Waals surface area contributed by atoms with E-state index < -0.39 is 0 Å². The molecular weight excluding hydrogens is 264 g/mol. The molecule has 4 nitrogen and oxygen atoms in total. The molecule has 1 unspecified atom stereocenters. The lowest BCUT2D eigenvalue weighted by Crippen LogP contribution is -2.40. The van der Waals surface area contributed by atoms with Crippen LogP contribution in [0.5, 0.6) is 0 Å². The third-order valence-electron chi connectivity index (χ3n) is 3.37. The first-order valence-electron chi connectivity index (χ1n) is 6.51. The molecule has 19 heavy (non-hydrogen) atoms. The summed E-state index contributed by atoms with van der Waals surface area (Å²) in [6, 6.07) is 7.74. The number of nitrogens with one attached hydrogen (secondary N) is 1. The first-order valence-corrected chi connectivity index (χ1v) is 6.88. The van der Waals surface area contributed by atoms with E-state index in [2.05, 4.69) is 16.5 Å². The van der Waals surface area contributed by atoms with E-state index in [0.29, 0.717) is 0 Å². The van der Waals surface area contributed by atoms with Crippen LogP contribution in [-0.4, -0.2) is 43.9 Å². The molecule has 0 bridgehead atoms. The van der Waals surface area contributed by atoms with Gasteiger partial charge < -0.3 is 4.74 Å². The summed E-state index contributed by atoms with van der Waals surface area (Å²) in [5, 5.41) is 0.744. The Kier molecular flexibility index (Phi) is 4.03. The van der Waals surface area contributed by atoms with E-state index in [-0.39, 0.29) is 6.10 Å².